The van der Waals surface area contributed by atoms with E-state index in [9.17, 15) is 4.79 Å². The van der Waals surface area contributed by atoms with E-state index in [0.717, 1.165) is 0 Å². The molecule has 2 atom stereocenters. The molecule has 0 heterocycles. The Kier molecular flexibility index (Phi) is 8.46. The van der Waals surface area contributed by atoms with Crippen molar-refractivity contribution >= 4 is 31.2 Å². The number of hydrogen-bond donors (Lipinski definition) is 4. The highest BCUT2D eigenvalue weighted by molar-refractivity contribution is 7.85. The average Bonchev–Trinajstić information content (AvgIpc) is 2.15. The van der Waals surface area contributed by atoms with Gasteiger partial charge < -0.3 is 14.9 Å². The molecule has 4 nitrogen and oxygen atoms in total. The predicted octanol–water partition coefficient (Wildman–Crippen LogP) is -0.109. The summed E-state index contributed by atoms with van der Waals surface area (Å²) in [4.78, 5) is 11.0. The third-order valence-electron chi connectivity index (χ3n) is 1.60. The van der Waals surface area contributed by atoms with Crippen LogP contribution in [0.4, 0.5) is 0 Å². The van der Waals surface area contributed by atoms with Gasteiger partial charge in [0.1, 0.15) is 6.61 Å². The normalized spacial score (nSPS) is 14.9. The largest absolute Gasteiger partial charge is 0.463 e. The van der Waals surface area contributed by atoms with Crippen molar-refractivity contribution in [3.8, 4) is 0 Å². The van der Waals surface area contributed by atoms with E-state index in [4.69, 9.17) is 10.2 Å². The fourth-order valence-corrected chi connectivity index (χ4v) is 1.37. The topological polar surface area (TPSA) is 66.8 Å². The smallest absolute Gasteiger partial charge is 0.307 e. The number of thiol groups is 2. The van der Waals surface area contributed by atoms with Gasteiger partial charge in [0.2, 0.25) is 0 Å². The minimum Gasteiger partial charge on any atom is -0.463 e. The zero-order valence-electron chi connectivity index (χ0n) is 7.80. The van der Waals surface area contributed by atoms with Crippen molar-refractivity contribution < 1.29 is 19.7 Å². The second-order valence-corrected chi connectivity index (χ2v) is 4.12. The minimum absolute atomic E-state index is 0.0105. The number of rotatable bonds is 7. The molecule has 0 radical (unpaired) electrons. The summed E-state index contributed by atoms with van der Waals surface area (Å²) in [5, 5.41) is 16.7. The molecule has 2 N–H and O–H groups in total. The Morgan fingerprint density at radius 3 is 2.36 bits per heavy atom. The van der Waals surface area contributed by atoms with Gasteiger partial charge in [-0.25, -0.2) is 0 Å². The third-order valence-corrected chi connectivity index (χ3v) is 2.99. The lowest BCUT2D eigenvalue weighted by molar-refractivity contribution is -0.144. The molecule has 0 aliphatic carbocycles. The zero-order valence-corrected chi connectivity index (χ0v) is 9.58. The Morgan fingerprint density at radius 1 is 1.21 bits per heavy atom. The summed E-state index contributed by atoms with van der Waals surface area (Å²) in [6, 6.07) is 0. The first kappa shape index (κ1) is 14.1. The molecule has 0 aliphatic rings. The number of ether oxygens (including phenoxy) is 1. The van der Waals surface area contributed by atoms with Gasteiger partial charge in [-0.15, -0.1) is 0 Å². The van der Waals surface area contributed by atoms with Crippen molar-refractivity contribution in [3.05, 3.63) is 0 Å². The molecule has 0 bridgehead atoms. The molecule has 14 heavy (non-hydrogen) atoms. The van der Waals surface area contributed by atoms with Crippen molar-refractivity contribution in [3.63, 3.8) is 0 Å². The van der Waals surface area contributed by atoms with Crippen LogP contribution >= 0.6 is 25.3 Å². The molecule has 0 aromatic rings. The van der Waals surface area contributed by atoms with Crippen molar-refractivity contribution in [2.45, 2.75) is 23.3 Å². The van der Waals surface area contributed by atoms with Gasteiger partial charge in [-0.05, 0) is 6.42 Å². The molecule has 6 heteroatoms. The summed E-state index contributed by atoms with van der Waals surface area (Å²) < 4.78 is 4.66. The van der Waals surface area contributed by atoms with E-state index in [2.05, 4.69) is 30.0 Å². The quantitative estimate of drug-likeness (QED) is 0.370. The van der Waals surface area contributed by atoms with Crippen LogP contribution in [0.5, 0.6) is 0 Å². The third kappa shape index (κ3) is 6.53. The van der Waals surface area contributed by atoms with E-state index in [-0.39, 0.29) is 36.7 Å². The van der Waals surface area contributed by atoms with Crippen LogP contribution in [0.2, 0.25) is 0 Å². The Labute approximate surface area is 94.5 Å². The summed E-state index contributed by atoms with van der Waals surface area (Å²) in [5.41, 5.74) is 0. The second kappa shape index (κ2) is 8.40. The number of aliphatic hydroxyl groups excluding tert-OH is 2. The molecule has 84 valence electrons. The summed E-state index contributed by atoms with van der Waals surface area (Å²) >= 11 is 8.35. The summed E-state index contributed by atoms with van der Waals surface area (Å²) in [7, 11) is 0. The Balaban J connectivity index is 3.69. The molecule has 2 unspecified atom stereocenters. The molecule has 0 rings (SSSR count). The van der Waals surface area contributed by atoms with Gasteiger partial charge in [-0.3, -0.25) is 4.79 Å². The molecular formula is C8H16O4S2. The summed E-state index contributed by atoms with van der Waals surface area (Å²) in [6.07, 6.45) is 0.627. The lowest BCUT2D eigenvalue weighted by atomic mass is 10.2. The lowest BCUT2D eigenvalue weighted by Crippen LogP contribution is -2.22. The van der Waals surface area contributed by atoms with Crippen LogP contribution in [0.25, 0.3) is 0 Å². The highest BCUT2D eigenvalue weighted by Gasteiger charge is 2.17. The molecule has 0 spiro atoms. The zero-order chi connectivity index (χ0) is 11.0. The Hall–Kier alpha value is 0.0900. The highest BCUT2D eigenvalue weighted by Crippen LogP contribution is 2.16. The maximum atomic E-state index is 11.0. The second-order valence-electron chi connectivity index (χ2n) is 2.80. The van der Waals surface area contributed by atoms with Crippen LogP contribution in [0, 0.1) is 0 Å². The maximum Gasteiger partial charge on any atom is 0.307 e. The fraction of sp³-hybridized carbons (Fsp3) is 0.875. The Morgan fingerprint density at radius 2 is 1.86 bits per heavy atom. The van der Waals surface area contributed by atoms with Gasteiger partial charge in [0, 0.05) is 17.1 Å². The van der Waals surface area contributed by atoms with Crippen LogP contribution in [-0.2, 0) is 9.53 Å². The van der Waals surface area contributed by atoms with E-state index in [1.54, 1.807) is 0 Å². The molecule has 0 saturated heterocycles. The van der Waals surface area contributed by atoms with Crippen LogP contribution in [-0.4, -0.2) is 46.5 Å². The van der Waals surface area contributed by atoms with Gasteiger partial charge >= 0.3 is 5.97 Å². The standard InChI is InChI=1S/C8H16O4S2/c9-2-1-6(13)7(14)5-8(11)12-4-3-10/h6-7,9-10,13-14H,1-5H2. The maximum absolute atomic E-state index is 11.0. The molecule has 0 aliphatic heterocycles. The monoisotopic (exact) mass is 240 g/mol. The van der Waals surface area contributed by atoms with Gasteiger partial charge in [0.15, 0.2) is 0 Å². The van der Waals surface area contributed by atoms with Crippen LogP contribution in [0.1, 0.15) is 12.8 Å². The predicted molar refractivity (Wildman–Crippen MR) is 59.9 cm³/mol. The van der Waals surface area contributed by atoms with E-state index in [1.165, 1.54) is 0 Å². The molecule has 0 fully saturated rings. The first-order valence-corrected chi connectivity index (χ1v) is 5.38. The summed E-state index contributed by atoms with van der Waals surface area (Å²) in [6.45, 7) is -0.141. The first-order chi connectivity index (χ1) is 6.61. The molecule has 0 amide bonds. The number of hydrogen-bond acceptors (Lipinski definition) is 6. The van der Waals surface area contributed by atoms with E-state index >= 15 is 0 Å². The Bertz CT molecular complexity index is 165. The van der Waals surface area contributed by atoms with E-state index < -0.39 is 5.97 Å². The lowest BCUT2D eigenvalue weighted by Gasteiger charge is -2.16. The van der Waals surface area contributed by atoms with Crippen LogP contribution in [0.15, 0.2) is 0 Å². The highest BCUT2D eigenvalue weighted by atomic mass is 32.1. The van der Waals surface area contributed by atoms with Crippen molar-refractivity contribution in [1.29, 1.82) is 0 Å². The molecule has 0 saturated carbocycles. The average molecular weight is 240 g/mol. The van der Waals surface area contributed by atoms with Crippen molar-refractivity contribution in [1.82, 2.24) is 0 Å². The summed E-state index contributed by atoms with van der Waals surface area (Å²) in [5.74, 6) is -0.406. The molecular weight excluding hydrogens is 224 g/mol. The first-order valence-electron chi connectivity index (χ1n) is 4.35. The van der Waals surface area contributed by atoms with E-state index in [0.29, 0.717) is 6.42 Å². The van der Waals surface area contributed by atoms with Crippen molar-refractivity contribution in [2.24, 2.45) is 0 Å². The number of carbonyl (C=O) groups is 1. The minimum atomic E-state index is -0.406. The van der Waals surface area contributed by atoms with Gasteiger partial charge in [0.05, 0.1) is 13.0 Å². The number of carbonyl (C=O) groups excluding carboxylic acids is 1. The van der Waals surface area contributed by atoms with Gasteiger partial charge in [-0.2, -0.15) is 25.3 Å². The molecule has 0 aromatic carbocycles. The SMILES string of the molecule is O=C(CC(S)C(S)CCO)OCCO. The molecule has 0 aromatic heterocycles. The number of aliphatic hydroxyl groups is 2. The van der Waals surface area contributed by atoms with Crippen LogP contribution < -0.4 is 0 Å². The van der Waals surface area contributed by atoms with E-state index in [1.807, 2.05) is 0 Å². The van der Waals surface area contributed by atoms with Gasteiger partial charge in [0.25, 0.3) is 0 Å². The van der Waals surface area contributed by atoms with Crippen LogP contribution in [0.3, 0.4) is 0 Å². The fourth-order valence-electron chi connectivity index (χ4n) is 0.850. The van der Waals surface area contributed by atoms with Gasteiger partial charge in [-0.1, -0.05) is 0 Å². The van der Waals surface area contributed by atoms with Crippen molar-refractivity contribution in [2.75, 3.05) is 19.8 Å². The number of esters is 1.